The summed E-state index contributed by atoms with van der Waals surface area (Å²) in [7, 11) is 0. The summed E-state index contributed by atoms with van der Waals surface area (Å²) < 4.78 is 12.4. The lowest BCUT2D eigenvalue weighted by Gasteiger charge is -2.11. The zero-order valence-corrected chi connectivity index (χ0v) is 8.11. The molecule has 0 spiro atoms. The zero-order chi connectivity index (χ0) is 11.6. The van der Waals surface area contributed by atoms with E-state index in [1.807, 2.05) is 0 Å². The number of alkyl halides is 1. The van der Waals surface area contributed by atoms with Crippen molar-refractivity contribution >= 4 is 5.69 Å². The van der Waals surface area contributed by atoms with Crippen molar-refractivity contribution in [2.75, 3.05) is 6.67 Å². The third-order valence-corrected chi connectivity index (χ3v) is 2.13. The average molecular weight is 214 g/mol. The fourth-order valence-corrected chi connectivity index (χ4v) is 1.31. The van der Waals surface area contributed by atoms with E-state index in [0.717, 1.165) is 0 Å². The van der Waals surface area contributed by atoms with Crippen LogP contribution in [0.1, 0.15) is 17.2 Å². The van der Waals surface area contributed by atoms with Crippen molar-refractivity contribution in [2.24, 2.45) is 5.73 Å². The fraction of sp³-hybridized carbons (Fsp3) is 0.333. The molecule has 0 aliphatic carbocycles. The SMILES string of the molecule is Cc1ccc([N+](=O)[O-])c([C@@H](N)CF)c1O. The van der Waals surface area contributed by atoms with Gasteiger partial charge in [0.1, 0.15) is 12.4 Å². The second kappa shape index (κ2) is 4.22. The lowest BCUT2D eigenvalue weighted by molar-refractivity contribution is -0.385. The number of halogens is 1. The van der Waals surface area contributed by atoms with Crippen molar-refractivity contribution in [1.82, 2.24) is 0 Å². The minimum Gasteiger partial charge on any atom is -0.507 e. The van der Waals surface area contributed by atoms with Gasteiger partial charge < -0.3 is 10.8 Å². The Morgan fingerprint density at radius 2 is 2.27 bits per heavy atom. The number of nitrogens with zero attached hydrogens (tertiary/aromatic N) is 1. The van der Waals surface area contributed by atoms with Crippen molar-refractivity contribution in [1.29, 1.82) is 0 Å². The van der Waals surface area contributed by atoms with Gasteiger partial charge in [0, 0.05) is 6.07 Å². The monoisotopic (exact) mass is 214 g/mol. The minimum absolute atomic E-state index is 0.150. The van der Waals surface area contributed by atoms with Crippen molar-refractivity contribution in [3.05, 3.63) is 33.4 Å². The highest BCUT2D eigenvalue weighted by Crippen LogP contribution is 2.34. The highest BCUT2D eigenvalue weighted by atomic mass is 19.1. The molecule has 0 aliphatic heterocycles. The van der Waals surface area contributed by atoms with Crippen LogP contribution in [0.3, 0.4) is 0 Å². The third kappa shape index (κ3) is 2.04. The number of rotatable bonds is 3. The third-order valence-electron chi connectivity index (χ3n) is 2.13. The van der Waals surface area contributed by atoms with Crippen molar-refractivity contribution < 1.29 is 14.4 Å². The van der Waals surface area contributed by atoms with Gasteiger partial charge in [0.05, 0.1) is 16.5 Å². The smallest absolute Gasteiger partial charge is 0.278 e. The standard InChI is InChI=1S/C9H11FN2O3/c1-5-2-3-7(12(14)15)8(9(5)13)6(11)4-10/h2-3,6,13H,4,11H2,1H3/t6-/m0/s1. The van der Waals surface area contributed by atoms with Gasteiger partial charge in [0.25, 0.3) is 5.69 Å². The molecule has 1 atom stereocenters. The molecule has 0 saturated heterocycles. The number of hydrogen-bond acceptors (Lipinski definition) is 4. The molecule has 0 aromatic heterocycles. The van der Waals surface area contributed by atoms with Crippen LogP contribution in [0.25, 0.3) is 0 Å². The molecular formula is C9H11FN2O3. The first-order chi connectivity index (χ1) is 6.99. The Hall–Kier alpha value is -1.69. The first-order valence-electron chi connectivity index (χ1n) is 4.27. The number of nitro groups is 1. The van der Waals surface area contributed by atoms with Gasteiger partial charge in [0.15, 0.2) is 0 Å². The normalized spacial score (nSPS) is 12.5. The van der Waals surface area contributed by atoms with Crippen molar-refractivity contribution in [2.45, 2.75) is 13.0 Å². The maximum Gasteiger partial charge on any atom is 0.278 e. The summed E-state index contributed by atoms with van der Waals surface area (Å²) in [6.45, 7) is 0.603. The Morgan fingerprint density at radius 3 is 2.73 bits per heavy atom. The molecule has 0 aliphatic rings. The lowest BCUT2D eigenvalue weighted by atomic mass is 10.0. The van der Waals surface area contributed by atoms with Gasteiger partial charge in [-0.25, -0.2) is 4.39 Å². The molecule has 5 nitrogen and oxygen atoms in total. The van der Waals surface area contributed by atoms with E-state index in [-0.39, 0.29) is 17.0 Å². The Bertz CT molecular complexity index is 395. The van der Waals surface area contributed by atoms with Crippen LogP contribution in [-0.2, 0) is 0 Å². The molecule has 82 valence electrons. The number of hydrogen-bond donors (Lipinski definition) is 2. The van der Waals surface area contributed by atoms with E-state index in [1.165, 1.54) is 12.1 Å². The second-order valence-corrected chi connectivity index (χ2v) is 3.18. The van der Waals surface area contributed by atoms with Crippen molar-refractivity contribution in [3.8, 4) is 5.75 Å². The molecule has 1 aromatic carbocycles. The van der Waals surface area contributed by atoms with E-state index in [4.69, 9.17) is 5.73 Å². The van der Waals surface area contributed by atoms with E-state index in [1.54, 1.807) is 6.92 Å². The predicted octanol–water partition coefficient (Wildman–Crippen LogP) is 1.58. The van der Waals surface area contributed by atoms with Crippen molar-refractivity contribution in [3.63, 3.8) is 0 Å². The van der Waals surface area contributed by atoms with Crippen LogP contribution in [0, 0.1) is 17.0 Å². The highest BCUT2D eigenvalue weighted by molar-refractivity contribution is 5.54. The minimum atomic E-state index is -1.18. The fourth-order valence-electron chi connectivity index (χ4n) is 1.31. The largest absolute Gasteiger partial charge is 0.507 e. The van der Waals surface area contributed by atoms with Crippen LogP contribution in [0.4, 0.5) is 10.1 Å². The van der Waals surface area contributed by atoms with Gasteiger partial charge in [0.2, 0.25) is 0 Å². The van der Waals surface area contributed by atoms with E-state index < -0.39 is 17.6 Å². The number of benzene rings is 1. The summed E-state index contributed by atoms with van der Waals surface area (Å²) in [5, 5.41) is 20.2. The molecular weight excluding hydrogens is 203 g/mol. The van der Waals surface area contributed by atoms with Crippen LogP contribution in [0.2, 0.25) is 0 Å². The summed E-state index contributed by atoms with van der Waals surface area (Å²) >= 11 is 0. The maximum atomic E-state index is 12.4. The van der Waals surface area contributed by atoms with Gasteiger partial charge in [-0.1, -0.05) is 0 Å². The average Bonchev–Trinajstić information content (AvgIpc) is 2.20. The Balaban J connectivity index is 3.41. The summed E-state index contributed by atoms with van der Waals surface area (Å²) in [6.07, 6.45) is 0. The lowest BCUT2D eigenvalue weighted by Crippen LogP contribution is -2.14. The molecule has 1 rings (SSSR count). The number of nitro benzene ring substituents is 1. The van der Waals surface area contributed by atoms with Crippen LogP contribution in [-0.4, -0.2) is 16.7 Å². The van der Waals surface area contributed by atoms with E-state index in [0.29, 0.717) is 5.56 Å². The first-order valence-corrected chi connectivity index (χ1v) is 4.27. The van der Waals surface area contributed by atoms with E-state index in [2.05, 4.69) is 0 Å². The molecule has 0 saturated carbocycles. The highest BCUT2D eigenvalue weighted by Gasteiger charge is 2.24. The molecule has 0 radical (unpaired) electrons. The Morgan fingerprint density at radius 1 is 1.67 bits per heavy atom. The molecule has 15 heavy (non-hydrogen) atoms. The van der Waals surface area contributed by atoms with Crippen LogP contribution in [0.5, 0.6) is 5.75 Å². The number of aromatic hydroxyl groups is 1. The summed E-state index contributed by atoms with van der Waals surface area (Å²) in [4.78, 5) is 9.93. The number of aryl methyl sites for hydroxylation is 1. The quantitative estimate of drug-likeness (QED) is 0.590. The number of phenols is 1. The number of phenolic OH excluding ortho intramolecular Hbond substituents is 1. The molecule has 3 N–H and O–H groups in total. The first kappa shape index (κ1) is 11.4. The molecule has 0 fully saturated rings. The van der Waals surface area contributed by atoms with Gasteiger partial charge in [-0.05, 0) is 18.6 Å². The van der Waals surface area contributed by atoms with E-state index >= 15 is 0 Å². The van der Waals surface area contributed by atoms with Crippen LogP contribution < -0.4 is 5.73 Å². The topological polar surface area (TPSA) is 89.4 Å². The summed E-state index contributed by atoms with van der Waals surface area (Å²) in [5.74, 6) is -0.311. The van der Waals surface area contributed by atoms with Gasteiger partial charge in [-0.15, -0.1) is 0 Å². The molecule has 6 heteroatoms. The van der Waals surface area contributed by atoms with Gasteiger partial charge in [-0.2, -0.15) is 0 Å². The zero-order valence-electron chi connectivity index (χ0n) is 8.11. The number of nitrogens with two attached hydrogens (primary N) is 1. The molecule has 1 aromatic rings. The maximum absolute atomic E-state index is 12.4. The summed E-state index contributed by atoms with van der Waals surface area (Å²) in [6, 6.07) is 1.42. The van der Waals surface area contributed by atoms with Gasteiger partial charge in [-0.3, -0.25) is 10.1 Å². The second-order valence-electron chi connectivity index (χ2n) is 3.18. The van der Waals surface area contributed by atoms with Crippen LogP contribution in [0.15, 0.2) is 12.1 Å². The van der Waals surface area contributed by atoms with E-state index in [9.17, 15) is 19.6 Å². The summed E-state index contributed by atoms with van der Waals surface area (Å²) in [5.41, 5.74) is 5.28. The Kier molecular flexibility index (Phi) is 3.21. The molecule has 0 heterocycles. The molecule has 0 bridgehead atoms. The molecule has 0 unspecified atom stereocenters. The predicted molar refractivity (Wildman–Crippen MR) is 52.4 cm³/mol. The van der Waals surface area contributed by atoms with Gasteiger partial charge >= 0.3 is 0 Å². The van der Waals surface area contributed by atoms with Crippen LogP contribution >= 0.6 is 0 Å². The Labute approximate surface area is 85.5 Å². The molecule has 0 amide bonds.